The first-order chi connectivity index (χ1) is 4.72. The van der Waals surface area contributed by atoms with Gasteiger partial charge in [-0.25, -0.2) is 14.5 Å². The molecule has 1 saturated heterocycles. The average molecular weight is 146 g/mol. The maximum Gasteiger partial charge on any atom is 0.369 e. The Bertz CT molecular complexity index is 131. The van der Waals surface area contributed by atoms with E-state index in [1.165, 1.54) is 4.90 Å². The highest BCUT2D eigenvalue weighted by atomic mass is 17.0. The molecule has 0 aromatic carbocycles. The zero-order valence-corrected chi connectivity index (χ0v) is 6.03. The molecule has 0 radical (unpaired) electrons. The highest BCUT2D eigenvalue weighted by Gasteiger charge is 2.21. The minimum atomic E-state index is -0.294. The van der Waals surface area contributed by atoms with Gasteiger partial charge in [-0.05, 0) is 0 Å². The lowest BCUT2D eigenvalue weighted by molar-refractivity contribution is -0.256. The molecule has 0 aliphatic carbocycles. The van der Waals surface area contributed by atoms with E-state index in [1.54, 1.807) is 14.1 Å². The van der Waals surface area contributed by atoms with Crippen molar-refractivity contribution in [2.24, 2.45) is 0 Å². The SMILES string of the molecule is CN(C)C(=O)N1OCCO1. The summed E-state index contributed by atoms with van der Waals surface area (Å²) < 4.78 is 0. The van der Waals surface area contributed by atoms with Crippen molar-refractivity contribution in [2.45, 2.75) is 0 Å². The Balaban J connectivity index is 2.40. The number of amides is 2. The van der Waals surface area contributed by atoms with E-state index >= 15 is 0 Å². The van der Waals surface area contributed by atoms with E-state index in [2.05, 4.69) is 0 Å². The van der Waals surface area contributed by atoms with Crippen LogP contribution in [0.5, 0.6) is 0 Å². The van der Waals surface area contributed by atoms with Crippen LogP contribution in [0.15, 0.2) is 0 Å². The maximum atomic E-state index is 10.9. The van der Waals surface area contributed by atoms with E-state index in [0.717, 1.165) is 5.23 Å². The number of carbonyl (C=O) groups excluding carboxylic acids is 1. The van der Waals surface area contributed by atoms with Gasteiger partial charge in [0.05, 0.1) is 0 Å². The summed E-state index contributed by atoms with van der Waals surface area (Å²) in [4.78, 5) is 21.9. The lowest BCUT2D eigenvalue weighted by Crippen LogP contribution is -2.35. The van der Waals surface area contributed by atoms with Gasteiger partial charge in [0.15, 0.2) is 0 Å². The van der Waals surface area contributed by atoms with Crippen molar-refractivity contribution in [3.8, 4) is 0 Å². The van der Waals surface area contributed by atoms with Gasteiger partial charge in [0.25, 0.3) is 0 Å². The van der Waals surface area contributed by atoms with Crippen molar-refractivity contribution in [1.29, 1.82) is 0 Å². The molecule has 0 N–H and O–H groups in total. The molecule has 0 spiro atoms. The summed E-state index contributed by atoms with van der Waals surface area (Å²) in [6, 6.07) is -0.294. The number of hydroxylamine groups is 2. The smallest absolute Gasteiger partial charge is 0.327 e. The van der Waals surface area contributed by atoms with Crippen molar-refractivity contribution in [1.82, 2.24) is 10.1 Å². The number of hydrogen-bond donors (Lipinski definition) is 0. The number of nitrogens with zero attached hydrogens (tertiary/aromatic N) is 2. The van der Waals surface area contributed by atoms with Crippen LogP contribution in [-0.2, 0) is 9.68 Å². The second-order valence-electron chi connectivity index (χ2n) is 2.10. The molecule has 0 saturated carbocycles. The molecule has 0 aromatic heterocycles. The Morgan fingerprint density at radius 2 is 1.90 bits per heavy atom. The molecule has 0 bridgehead atoms. The standard InChI is InChI=1S/C5H10N2O3/c1-6(2)5(8)7-9-3-4-10-7/h3-4H2,1-2H3. The average Bonchev–Trinajstić information content (AvgIpc) is 2.36. The van der Waals surface area contributed by atoms with E-state index in [4.69, 9.17) is 9.68 Å². The Morgan fingerprint density at radius 1 is 1.40 bits per heavy atom. The molecule has 10 heavy (non-hydrogen) atoms. The molecule has 1 heterocycles. The Labute approximate surface area is 59.0 Å². The first kappa shape index (κ1) is 7.30. The zero-order chi connectivity index (χ0) is 7.56. The minimum Gasteiger partial charge on any atom is -0.327 e. The molecule has 5 heteroatoms. The van der Waals surface area contributed by atoms with Crippen molar-refractivity contribution < 1.29 is 14.5 Å². The highest BCUT2D eigenvalue weighted by Crippen LogP contribution is 2.03. The zero-order valence-electron chi connectivity index (χ0n) is 6.03. The molecule has 58 valence electrons. The number of urea groups is 1. The Hall–Kier alpha value is -0.810. The second kappa shape index (κ2) is 2.85. The Kier molecular flexibility index (Phi) is 2.08. The summed E-state index contributed by atoms with van der Waals surface area (Å²) >= 11 is 0. The lowest BCUT2D eigenvalue weighted by Gasteiger charge is -2.16. The molecule has 2 amide bonds. The molecule has 1 aliphatic heterocycles. The molecule has 1 fully saturated rings. The summed E-state index contributed by atoms with van der Waals surface area (Å²) in [5.41, 5.74) is 0. The number of hydrogen-bond acceptors (Lipinski definition) is 3. The van der Waals surface area contributed by atoms with Crippen molar-refractivity contribution in [3.05, 3.63) is 0 Å². The van der Waals surface area contributed by atoms with Gasteiger partial charge in [-0.15, -0.1) is 0 Å². The van der Waals surface area contributed by atoms with Crippen LogP contribution in [0.3, 0.4) is 0 Å². The fraction of sp³-hybridized carbons (Fsp3) is 0.800. The van der Waals surface area contributed by atoms with E-state index in [9.17, 15) is 4.79 Å². The molecule has 5 nitrogen and oxygen atoms in total. The molecule has 1 rings (SSSR count). The van der Waals surface area contributed by atoms with Crippen LogP contribution in [0.25, 0.3) is 0 Å². The fourth-order valence-corrected chi connectivity index (χ4v) is 0.551. The quantitative estimate of drug-likeness (QED) is 0.477. The maximum absolute atomic E-state index is 10.9. The molecule has 0 unspecified atom stereocenters. The van der Waals surface area contributed by atoms with Gasteiger partial charge < -0.3 is 4.90 Å². The van der Waals surface area contributed by atoms with Gasteiger partial charge in [0.1, 0.15) is 13.2 Å². The Morgan fingerprint density at radius 3 is 2.30 bits per heavy atom. The highest BCUT2D eigenvalue weighted by molar-refractivity contribution is 5.71. The molecule has 0 atom stereocenters. The van der Waals surface area contributed by atoms with Crippen LogP contribution in [-0.4, -0.2) is 43.5 Å². The van der Waals surface area contributed by atoms with E-state index < -0.39 is 0 Å². The largest absolute Gasteiger partial charge is 0.369 e. The van der Waals surface area contributed by atoms with Crippen molar-refractivity contribution >= 4 is 6.03 Å². The normalized spacial score (nSPS) is 17.6. The third kappa shape index (κ3) is 1.37. The second-order valence-corrected chi connectivity index (χ2v) is 2.10. The van der Waals surface area contributed by atoms with Crippen LogP contribution >= 0.6 is 0 Å². The van der Waals surface area contributed by atoms with Crippen molar-refractivity contribution in [2.75, 3.05) is 27.3 Å². The summed E-state index contributed by atoms with van der Waals surface area (Å²) in [5.74, 6) is 0. The predicted molar refractivity (Wildman–Crippen MR) is 32.8 cm³/mol. The van der Waals surface area contributed by atoms with Crippen LogP contribution < -0.4 is 0 Å². The molecular formula is C5H10N2O3. The van der Waals surface area contributed by atoms with Crippen LogP contribution in [0.2, 0.25) is 0 Å². The fourth-order valence-electron chi connectivity index (χ4n) is 0.551. The third-order valence-electron chi connectivity index (χ3n) is 1.04. The minimum absolute atomic E-state index is 0.294. The van der Waals surface area contributed by atoms with Gasteiger partial charge in [0.2, 0.25) is 0 Å². The topological polar surface area (TPSA) is 42.0 Å². The summed E-state index contributed by atoms with van der Waals surface area (Å²) in [5, 5.41) is 0.889. The van der Waals surface area contributed by atoms with E-state index in [-0.39, 0.29) is 6.03 Å². The van der Waals surface area contributed by atoms with Gasteiger partial charge >= 0.3 is 6.03 Å². The van der Waals surface area contributed by atoms with E-state index in [0.29, 0.717) is 13.2 Å². The van der Waals surface area contributed by atoms with Gasteiger partial charge in [-0.2, -0.15) is 0 Å². The first-order valence-corrected chi connectivity index (χ1v) is 2.99. The van der Waals surface area contributed by atoms with Gasteiger partial charge in [0, 0.05) is 14.1 Å². The van der Waals surface area contributed by atoms with Crippen LogP contribution in [0.4, 0.5) is 4.79 Å². The molecule has 1 aliphatic rings. The van der Waals surface area contributed by atoms with Crippen LogP contribution in [0.1, 0.15) is 0 Å². The van der Waals surface area contributed by atoms with Crippen molar-refractivity contribution in [3.63, 3.8) is 0 Å². The van der Waals surface area contributed by atoms with Gasteiger partial charge in [-0.3, -0.25) is 0 Å². The summed E-state index contributed by atoms with van der Waals surface area (Å²) in [6.45, 7) is 0.888. The number of rotatable bonds is 0. The monoisotopic (exact) mass is 146 g/mol. The molecule has 0 aromatic rings. The number of carbonyl (C=O) groups is 1. The van der Waals surface area contributed by atoms with Crippen LogP contribution in [0, 0.1) is 0 Å². The third-order valence-corrected chi connectivity index (χ3v) is 1.04. The summed E-state index contributed by atoms with van der Waals surface area (Å²) in [7, 11) is 3.26. The lowest BCUT2D eigenvalue weighted by atomic mass is 10.8. The van der Waals surface area contributed by atoms with E-state index in [1.807, 2.05) is 0 Å². The molecular weight excluding hydrogens is 136 g/mol. The van der Waals surface area contributed by atoms with Gasteiger partial charge in [-0.1, -0.05) is 5.23 Å². The predicted octanol–water partition coefficient (Wildman–Crippen LogP) is -0.153. The summed E-state index contributed by atoms with van der Waals surface area (Å²) in [6.07, 6.45) is 0. The first-order valence-electron chi connectivity index (χ1n) is 2.99.